The van der Waals surface area contributed by atoms with Crippen molar-refractivity contribution in [2.45, 2.75) is 31.4 Å². The minimum atomic E-state index is 0.0812. The number of piperidine rings is 1. The number of carbonyl (C=O) groups excluding carboxylic acids is 1. The van der Waals surface area contributed by atoms with Crippen LogP contribution in [0.3, 0.4) is 0 Å². The van der Waals surface area contributed by atoms with E-state index in [-0.39, 0.29) is 12.0 Å². The van der Waals surface area contributed by atoms with Gasteiger partial charge in [0.2, 0.25) is 5.88 Å². The number of thioether (sulfide) groups is 1. The molecule has 2 aliphatic rings. The SMILES string of the molecule is CN(C)C1CCN(C(=O)c2ccc(OC3CCSC3)nc2)CC1. The summed E-state index contributed by atoms with van der Waals surface area (Å²) in [6.07, 6.45) is 5.06. The van der Waals surface area contributed by atoms with E-state index in [9.17, 15) is 4.79 Å². The third-order valence-corrected chi connectivity index (χ3v) is 5.77. The summed E-state index contributed by atoms with van der Waals surface area (Å²) in [4.78, 5) is 21.1. The molecule has 1 amide bonds. The Morgan fingerprint density at radius 2 is 2.09 bits per heavy atom. The maximum absolute atomic E-state index is 12.6. The molecule has 5 nitrogen and oxygen atoms in total. The van der Waals surface area contributed by atoms with Crippen LogP contribution in [0.5, 0.6) is 5.88 Å². The zero-order valence-electron chi connectivity index (χ0n) is 13.9. The molecule has 1 aromatic heterocycles. The zero-order valence-corrected chi connectivity index (χ0v) is 14.7. The van der Waals surface area contributed by atoms with Gasteiger partial charge in [-0.25, -0.2) is 4.98 Å². The van der Waals surface area contributed by atoms with Crippen LogP contribution in [0, 0.1) is 0 Å². The van der Waals surface area contributed by atoms with Crippen molar-refractivity contribution in [2.24, 2.45) is 0 Å². The van der Waals surface area contributed by atoms with Gasteiger partial charge in [0.05, 0.1) is 5.56 Å². The normalized spacial score (nSPS) is 22.6. The monoisotopic (exact) mass is 335 g/mol. The maximum Gasteiger partial charge on any atom is 0.255 e. The molecule has 0 bridgehead atoms. The number of rotatable bonds is 4. The summed E-state index contributed by atoms with van der Waals surface area (Å²) >= 11 is 1.91. The van der Waals surface area contributed by atoms with Gasteiger partial charge < -0.3 is 14.5 Å². The van der Waals surface area contributed by atoms with Crippen molar-refractivity contribution in [1.82, 2.24) is 14.8 Å². The van der Waals surface area contributed by atoms with Gasteiger partial charge in [-0.2, -0.15) is 11.8 Å². The fraction of sp³-hybridized carbons (Fsp3) is 0.647. The van der Waals surface area contributed by atoms with Gasteiger partial charge in [-0.05, 0) is 45.2 Å². The molecule has 0 radical (unpaired) electrons. The maximum atomic E-state index is 12.6. The van der Waals surface area contributed by atoms with Crippen LogP contribution in [0.15, 0.2) is 18.3 Å². The molecule has 3 heterocycles. The number of ether oxygens (including phenoxy) is 1. The van der Waals surface area contributed by atoms with Gasteiger partial charge in [0.1, 0.15) is 6.10 Å². The molecular weight excluding hydrogens is 310 g/mol. The standard InChI is InChI=1S/C17H25N3O2S/c1-19(2)14-5-8-20(9-6-14)17(21)13-3-4-16(18-11-13)22-15-7-10-23-12-15/h3-4,11,14-15H,5-10,12H2,1-2H3. The Hall–Kier alpha value is -1.27. The van der Waals surface area contributed by atoms with Gasteiger partial charge in [0.25, 0.3) is 5.91 Å². The van der Waals surface area contributed by atoms with Crippen LogP contribution in [0.4, 0.5) is 0 Å². The molecule has 0 aliphatic carbocycles. The minimum absolute atomic E-state index is 0.0812. The topological polar surface area (TPSA) is 45.7 Å². The van der Waals surface area contributed by atoms with Crippen LogP contribution < -0.4 is 4.74 Å². The Bertz CT molecular complexity index is 521. The first-order chi connectivity index (χ1) is 11.1. The number of aromatic nitrogens is 1. The van der Waals surface area contributed by atoms with Crippen LogP contribution in [0.2, 0.25) is 0 Å². The Morgan fingerprint density at radius 3 is 2.65 bits per heavy atom. The average molecular weight is 335 g/mol. The smallest absolute Gasteiger partial charge is 0.255 e. The van der Waals surface area contributed by atoms with Gasteiger partial charge >= 0.3 is 0 Å². The molecular formula is C17H25N3O2S. The van der Waals surface area contributed by atoms with Crippen molar-refractivity contribution in [2.75, 3.05) is 38.7 Å². The zero-order chi connectivity index (χ0) is 16.2. The van der Waals surface area contributed by atoms with E-state index in [4.69, 9.17) is 4.74 Å². The summed E-state index contributed by atoms with van der Waals surface area (Å²) < 4.78 is 5.83. The molecule has 126 valence electrons. The summed E-state index contributed by atoms with van der Waals surface area (Å²) in [5.41, 5.74) is 0.654. The van der Waals surface area contributed by atoms with Crippen LogP contribution in [-0.4, -0.2) is 71.5 Å². The fourth-order valence-electron chi connectivity index (χ4n) is 3.12. The van der Waals surface area contributed by atoms with Crippen molar-refractivity contribution < 1.29 is 9.53 Å². The Labute approximate surface area is 142 Å². The van der Waals surface area contributed by atoms with Crippen LogP contribution in [-0.2, 0) is 0 Å². The Kier molecular flexibility index (Phi) is 5.43. The van der Waals surface area contributed by atoms with Gasteiger partial charge in [-0.3, -0.25) is 4.79 Å². The number of carbonyl (C=O) groups is 1. The summed E-state index contributed by atoms with van der Waals surface area (Å²) in [6, 6.07) is 4.24. The molecule has 0 saturated carbocycles. The van der Waals surface area contributed by atoms with Crippen molar-refractivity contribution >= 4 is 17.7 Å². The van der Waals surface area contributed by atoms with Crippen LogP contribution >= 0.6 is 11.8 Å². The van der Waals surface area contributed by atoms with Gasteiger partial charge in [0.15, 0.2) is 0 Å². The highest BCUT2D eigenvalue weighted by Gasteiger charge is 2.25. The van der Waals surface area contributed by atoms with Crippen LogP contribution in [0.25, 0.3) is 0 Å². The fourth-order valence-corrected chi connectivity index (χ4v) is 4.21. The van der Waals surface area contributed by atoms with Crippen molar-refractivity contribution in [3.8, 4) is 5.88 Å². The van der Waals surface area contributed by atoms with Crippen molar-refractivity contribution in [3.05, 3.63) is 23.9 Å². The molecule has 1 atom stereocenters. The third kappa shape index (κ3) is 4.18. The molecule has 23 heavy (non-hydrogen) atoms. The molecule has 0 N–H and O–H groups in total. The first-order valence-corrected chi connectivity index (χ1v) is 9.45. The van der Waals surface area contributed by atoms with E-state index >= 15 is 0 Å². The van der Waals surface area contributed by atoms with E-state index in [2.05, 4.69) is 24.0 Å². The lowest BCUT2D eigenvalue weighted by Crippen LogP contribution is -2.44. The summed E-state index contributed by atoms with van der Waals surface area (Å²) in [5.74, 6) is 2.89. The van der Waals surface area contributed by atoms with Gasteiger partial charge in [-0.1, -0.05) is 0 Å². The second-order valence-electron chi connectivity index (χ2n) is 6.48. The lowest BCUT2D eigenvalue weighted by atomic mass is 10.0. The molecule has 6 heteroatoms. The summed E-state index contributed by atoms with van der Waals surface area (Å²) in [5, 5.41) is 0. The number of likely N-dealkylation sites (tertiary alicyclic amines) is 1. The number of hydrogen-bond acceptors (Lipinski definition) is 5. The van der Waals surface area contributed by atoms with Gasteiger partial charge in [-0.15, -0.1) is 0 Å². The lowest BCUT2D eigenvalue weighted by molar-refractivity contribution is 0.0663. The van der Waals surface area contributed by atoms with E-state index < -0.39 is 0 Å². The quantitative estimate of drug-likeness (QED) is 0.843. The first kappa shape index (κ1) is 16.6. The molecule has 1 aromatic rings. The van der Waals surface area contributed by atoms with Crippen molar-refractivity contribution in [3.63, 3.8) is 0 Å². The number of amides is 1. The van der Waals surface area contributed by atoms with Crippen LogP contribution in [0.1, 0.15) is 29.6 Å². The minimum Gasteiger partial charge on any atom is -0.473 e. The summed E-state index contributed by atoms with van der Waals surface area (Å²) in [7, 11) is 4.21. The highest BCUT2D eigenvalue weighted by Crippen LogP contribution is 2.22. The van der Waals surface area contributed by atoms with E-state index in [1.54, 1.807) is 6.20 Å². The molecule has 0 aromatic carbocycles. The number of hydrogen-bond donors (Lipinski definition) is 0. The highest BCUT2D eigenvalue weighted by molar-refractivity contribution is 7.99. The predicted octanol–water partition coefficient (Wildman–Crippen LogP) is 2.13. The number of nitrogens with zero attached hydrogens (tertiary/aromatic N) is 3. The summed E-state index contributed by atoms with van der Waals surface area (Å²) in [6.45, 7) is 1.64. The largest absolute Gasteiger partial charge is 0.473 e. The van der Waals surface area contributed by atoms with E-state index in [0.29, 0.717) is 17.5 Å². The second-order valence-corrected chi connectivity index (χ2v) is 7.63. The van der Waals surface area contributed by atoms with E-state index in [0.717, 1.165) is 43.9 Å². The van der Waals surface area contributed by atoms with E-state index in [1.807, 2.05) is 28.8 Å². The average Bonchev–Trinajstić information content (AvgIpc) is 3.08. The number of pyridine rings is 1. The van der Waals surface area contributed by atoms with Crippen molar-refractivity contribution in [1.29, 1.82) is 0 Å². The Morgan fingerprint density at radius 1 is 1.30 bits per heavy atom. The van der Waals surface area contributed by atoms with Gasteiger partial charge in [0, 0.05) is 37.1 Å². The first-order valence-electron chi connectivity index (χ1n) is 8.29. The predicted molar refractivity (Wildman–Crippen MR) is 93.2 cm³/mol. The molecule has 1 unspecified atom stereocenters. The molecule has 3 rings (SSSR count). The highest BCUT2D eigenvalue weighted by atomic mass is 32.2. The third-order valence-electron chi connectivity index (χ3n) is 4.64. The Balaban J connectivity index is 1.55. The lowest BCUT2D eigenvalue weighted by Gasteiger charge is -2.35. The van der Waals surface area contributed by atoms with E-state index in [1.165, 1.54) is 0 Å². The molecule has 2 fully saturated rings. The molecule has 2 saturated heterocycles. The second kappa shape index (κ2) is 7.53. The molecule has 2 aliphatic heterocycles. The molecule has 0 spiro atoms.